The molecule has 0 aromatic heterocycles. The molecule has 0 saturated carbocycles. The molecule has 1 aromatic rings. The Hall–Kier alpha value is -0.580. The van der Waals surface area contributed by atoms with Crippen molar-refractivity contribution in [2.45, 2.75) is 25.3 Å². The summed E-state index contributed by atoms with van der Waals surface area (Å²) in [4.78, 5) is 4.82. The van der Waals surface area contributed by atoms with E-state index < -0.39 is 0 Å². The highest BCUT2D eigenvalue weighted by Crippen LogP contribution is 2.25. The lowest BCUT2D eigenvalue weighted by molar-refractivity contribution is 0.314. The average Bonchev–Trinajstić information content (AvgIpc) is 2.78. The van der Waals surface area contributed by atoms with Crippen molar-refractivity contribution >= 4 is 21.6 Å². The van der Waals surface area contributed by atoms with Crippen LogP contribution in [0.5, 0.6) is 0 Å². The molecule has 19 heavy (non-hydrogen) atoms. The Morgan fingerprint density at radius 2 is 2.26 bits per heavy atom. The van der Waals surface area contributed by atoms with Crippen LogP contribution >= 0.6 is 15.9 Å². The molecule has 106 valence electrons. The SMILES string of the molecule is CN(CC1CCCN1C)c1ccc(CCN)c(Br)c1. The molecule has 1 unspecified atom stereocenters. The van der Waals surface area contributed by atoms with E-state index in [1.165, 1.54) is 35.1 Å². The van der Waals surface area contributed by atoms with Crippen molar-refractivity contribution < 1.29 is 0 Å². The van der Waals surface area contributed by atoms with Crippen molar-refractivity contribution in [3.8, 4) is 0 Å². The van der Waals surface area contributed by atoms with E-state index in [9.17, 15) is 0 Å². The maximum absolute atomic E-state index is 5.61. The minimum Gasteiger partial charge on any atom is -0.373 e. The second-order valence-corrected chi connectivity index (χ2v) is 6.33. The lowest BCUT2D eigenvalue weighted by Crippen LogP contribution is -2.36. The molecule has 0 aliphatic carbocycles. The molecule has 1 aliphatic rings. The number of rotatable bonds is 5. The number of nitrogens with zero attached hydrogens (tertiary/aromatic N) is 2. The van der Waals surface area contributed by atoms with E-state index in [-0.39, 0.29) is 0 Å². The van der Waals surface area contributed by atoms with Crippen LogP contribution in [0.2, 0.25) is 0 Å². The Bertz CT molecular complexity index is 422. The van der Waals surface area contributed by atoms with E-state index in [4.69, 9.17) is 5.73 Å². The summed E-state index contributed by atoms with van der Waals surface area (Å²) in [6.45, 7) is 3.03. The Morgan fingerprint density at radius 1 is 1.47 bits per heavy atom. The normalized spacial score (nSPS) is 19.9. The van der Waals surface area contributed by atoms with Crippen molar-refractivity contribution in [3.63, 3.8) is 0 Å². The molecule has 0 spiro atoms. The first-order chi connectivity index (χ1) is 9.11. The zero-order valence-corrected chi connectivity index (χ0v) is 13.5. The van der Waals surface area contributed by atoms with Gasteiger partial charge in [-0.3, -0.25) is 0 Å². The third kappa shape index (κ3) is 3.71. The van der Waals surface area contributed by atoms with Gasteiger partial charge in [-0.05, 0) is 57.1 Å². The second kappa shape index (κ2) is 6.73. The topological polar surface area (TPSA) is 32.5 Å². The Labute approximate surface area is 124 Å². The number of likely N-dealkylation sites (tertiary alicyclic amines) is 1. The predicted molar refractivity (Wildman–Crippen MR) is 85.8 cm³/mol. The number of hydrogen-bond donors (Lipinski definition) is 1. The Morgan fingerprint density at radius 3 is 2.84 bits per heavy atom. The van der Waals surface area contributed by atoms with E-state index in [2.05, 4.69) is 58.0 Å². The second-order valence-electron chi connectivity index (χ2n) is 5.47. The van der Waals surface area contributed by atoms with Gasteiger partial charge in [0.1, 0.15) is 0 Å². The molecule has 2 rings (SSSR count). The monoisotopic (exact) mass is 325 g/mol. The highest BCUT2D eigenvalue weighted by Gasteiger charge is 2.22. The van der Waals surface area contributed by atoms with Crippen LogP contribution in [0.15, 0.2) is 22.7 Å². The third-order valence-electron chi connectivity index (χ3n) is 4.05. The van der Waals surface area contributed by atoms with Gasteiger partial charge in [-0.25, -0.2) is 0 Å². The van der Waals surface area contributed by atoms with Gasteiger partial charge in [-0.2, -0.15) is 0 Å². The summed E-state index contributed by atoms with van der Waals surface area (Å²) in [6, 6.07) is 7.28. The molecule has 1 atom stereocenters. The van der Waals surface area contributed by atoms with Crippen molar-refractivity contribution in [2.24, 2.45) is 5.73 Å². The molecule has 1 aromatic carbocycles. The zero-order valence-electron chi connectivity index (χ0n) is 11.9. The third-order valence-corrected chi connectivity index (χ3v) is 4.79. The number of anilines is 1. The maximum Gasteiger partial charge on any atom is 0.0375 e. The number of halogens is 1. The van der Waals surface area contributed by atoms with Crippen LogP contribution in [-0.4, -0.2) is 44.7 Å². The number of hydrogen-bond acceptors (Lipinski definition) is 3. The summed E-state index contributed by atoms with van der Waals surface area (Å²) < 4.78 is 1.17. The van der Waals surface area contributed by atoms with Crippen LogP contribution in [0.25, 0.3) is 0 Å². The molecule has 0 radical (unpaired) electrons. The van der Waals surface area contributed by atoms with Gasteiger partial charge >= 0.3 is 0 Å². The number of likely N-dealkylation sites (N-methyl/N-ethyl adjacent to an activating group) is 2. The van der Waals surface area contributed by atoms with E-state index in [0.717, 1.165) is 13.0 Å². The number of nitrogens with two attached hydrogens (primary N) is 1. The highest BCUT2D eigenvalue weighted by molar-refractivity contribution is 9.10. The molecule has 1 saturated heterocycles. The summed E-state index contributed by atoms with van der Waals surface area (Å²) in [5.41, 5.74) is 8.18. The summed E-state index contributed by atoms with van der Waals surface area (Å²) >= 11 is 3.65. The smallest absolute Gasteiger partial charge is 0.0375 e. The fourth-order valence-corrected chi connectivity index (χ4v) is 3.33. The van der Waals surface area contributed by atoms with Gasteiger partial charge in [0.2, 0.25) is 0 Å². The fraction of sp³-hybridized carbons (Fsp3) is 0.600. The highest BCUT2D eigenvalue weighted by atomic mass is 79.9. The summed E-state index contributed by atoms with van der Waals surface area (Å²) in [6.07, 6.45) is 3.57. The van der Waals surface area contributed by atoms with Crippen LogP contribution in [-0.2, 0) is 6.42 Å². The summed E-state index contributed by atoms with van der Waals surface area (Å²) in [5, 5.41) is 0. The largest absolute Gasteiger partial charge is 0.373 e. The van der Waals surface area contributed by atoms with Gasteiger partial charge in [0.25, 0.3) is 0 Å². The van der Waals surface area contributed by atoms with Crippen molar-refractivity contribution in [3.05, 3.63) is 28.2 Å². The van der Waals surface area contributed by atoms with E-state index in [1.54, 1.807) is 0 Å². The average molecular weight is 326 g/mol. The van der Waals surface area contributed by atoms with Gasteiger partial charge in [0.05, 0.1) is 0 Å². The first-order valence-electron chi connectivity index (χ1n) is 7.01. The van der Waals surface area contributed by atoms with Gasteiger partial charge in [0, 0.05) is 29.8 Å². The standard InChI is InChI=1S/C15H24BrN3/c1-18-9-3-4-14(18)11-19(2)13-6-5-12(7-8-17)15(16)10-13/h5-6,10,14H,3-4,7-9,11,17H2,1-2H3. The van der Waals surface area contributed by atoms with Gasteiger partial charge in [-0.15, -0.1) is 0 Å². The zero-order chi connectivity index (χ0) is 13.8. The molecule has 1 fully saturated rings. The molecular formula is C15H24BrN3. The Balaban J connectivity index is 2.02. The van der Waals surface area contributed by atoms with E-state index in [1.807, 2.05) is 0 Å². The van der Waals surface area contributed by atoms with Crippen LogP contribution in [0.4, 0.5) is 5.69 Å². The molecule has 1 heterocycles. The molecule has 0 bridgehead atoms. The molecule has 0 amide bonds. The van der Waals surface area contributed by atoms with Crippen LogP contribution in [0.1, 0.15) is 18.4 Å². The lowest BCUT2D eigenvalue weighted by atomic mass is 10.1. The van der Waals surface area contributed by atoms with E-state index >= 15 is 0 Å². The lowest BCUT2D eigenvalue weighted by Gasteiger charge is -2.27. The minimum absolute atomic E-state index is 0.687. The quantitative estimate of drug-likeness (QED) is 0.902. The molecule has 2 N–H and O–H groups in total. The molecule has 3 nitrogen and oxygen atoms in total. The van der Waals surface area contributed by atoms with Crippen molar-refractivity contribution in [1.82, 2.24) is 4.90 Å². The van der Waals surface area contributed by atoms with Gasteiger partial charge in [0.15, 0.2) is 0 Å². The van der Waals surface area contributed by atoms with Crippen LogP contribution < -0.4 is 10.6 Å². The van der Waals surface area contributed by atoms with Crippen LogP contribution in [0, 0.1) is 0 Å². The minimum atomic E-state index is 0.687. The van der Waals surface area contributed by atoms with Crippen LogP contribution in [0.3, 0.4) is 0 Å². The first kappa shape index (κ1) is 14.8. The number of benzene rings is 1. The van der Waals surface area contributed by atoms with Gasteiger partial charge < -0.3 is 15.5 Å². The van der Waals surface area contributed by atoms with Gasteiger partial charge in [-0.1, -0.05) is 22.0 Å². The van der Waals surface area contributed by atoms with Crippen molar-refractivity contribution in [2.75, 3.05) is 38.6 Å². The fourth-order valence-electron chi connectivity index (χ4n) is 2.76. The summed E-state index contributed by atoms with van der Waals surface area (Å²) in [5.74, 6) is 0. The summed E-state index contributed by atoms with van der Waals surface area (Å²) in [7, 11) is 4.41. The van der Waals surface area contributed by atoms with E-state index in [0.29, 0.717) is 12.6 Å². The predicted octanol–water partition coefficient (Wildman–Crippen LogP) is 2.48. The molecule has 4 heteroatoms. The van der Waals surface area contributed by atoms with Crippen molar-refractivity contribution in [1.29, 1.82) is 0 Å². The molecule has 1 aliphatic heterocycles. The Kier molecular flexibility index (Phi) is 5.25. The maximum atomic E-state index is 5.61. The first-order valence-corrected chi connectivity index (χ1v) is 7.81. The molecular weight excluding hydrogens is 302 g/mol.